The summed E-state index contributed by atoms with van der Waals surface area (Å²) in [6.45, 7) is 0.0153. The lowest BCUT2D eigenvalue weighted by Crippen LogP contribution is -2.03. The van der Waals surface area contributed by atoms with Gasteiger partial charge in [0.2, 0.25) is 0 Å². The molecule has 0 atom stereocenters. The molecular weight excluding hydrogens is 280 g/mol. The minimum Gasteiger partial charge on any atom is -0.379 e. The molecule has 0 amide bonds. The SMILES string of the molecule is N#Cc1ccc(NCc2cc(F)cc([N+](=O)[O-])c2)c(F)c1. The van der Waals surface area contributed by atoms with E-state index in [1.165, 1.54) is 18.2 Å². The van der Waals surface area contributed by atoms with Crippen molar-refractivity contribution in [2.45, 2.75) is 6.54 Å². The molecule has 2 aromatic rings. The van der Waals surface area contributed by atoms with E-state index in [0.29, 0.717) is 5.56 Å². The van der Waals surface area contributed by atoms with Crippen LogP contribution in [-0.2, 0) is 6.54 Å². The van der Waals surface area contributed by atoms with Crippen LogP contribution in [0.15, 0.2) is 36.4 Å². The van der Waals surface area contributed by atoms with E-state index in [1.807, 2.05) is 0 Å². The summed E-state index contributed by atoms with van der Waals surface area (Å²) in [4.78, 5) is 9.93. The molecular formula is C14H9F2N3O2. The van der Waals surface area contributed by atoms with Crippen molar-refractivity contribution in [1.29, 1.82) is 5.26 Å². The number of rotatable bonds is 4. The first-order chi connectivity index (χ1) is 9.99. The summed E-state index contributed by atoms with van der Waals surface area (Å²) in [5.74, 6) is -1.36. The highest BCUT2D eigenvalue weighted by atomic mass is 19.1. The molecule has 0 radical (unpaired) electrons. The normalized spacial score (nSPS) is 9.95. The lowest BCUT2D eigenvalue weighted by molar-refractivity contribution is -0.385. The number of halogens is 2. The predicted molar refractivity (Wildman–Crippen MR) is 71.5 cm³/mol. The summed E-state index contributed by atoms with van der Waals surface area (Å²) >= 11 is 0. The van der Waals surface area contributed by atoms with Crippen molar-refractivity contribution in [3.8, 4) is 6.07 Å². The number of non-ortho nitro benzene ring substituents is 1. The van der Waals surface area contributed by atoms with Crippen molar-refractivity contribution in [1.82, 2.24) is 0 Å². The number of nitrogens with one attached hydrogen (secondary N) is 1. The number of anilines is 1. The van der Waals surface area contributed by atoms with Crippen LogP contribution in [0.4, 0.5) is 20.2 Å². The van der Waals surface area contributed by atoms with Crippen LogP contribution in [0.25, 0.3) is 0 Å². The number of nitro groups is 1. The Morgan fingerprint density at radius 2 is 2.00 bits per heavy atom. The maximum Gasteiger partial charge on any atom is 0.272 e. The van der Waals surface area contributed by atoms with E-state index in [-0.39, 0.29) is 23.5 Å². The summed E-state index contributed by atoms with van der Waals surface area (Å²) in [6, 6.07) is 8.82. The van der Waals surface area contributed by atoms with Gasteiger partial charge in [-0.05, 0) is 29.8 Å². The molecule has 0 unspecified atom stereocenters. The van der Waals surface area contributed by atoms with Crippen LogP contribution in [0.1, 0.15) is 11.1 Å². The summed E-state index contributed by atoms with van der Waals surface area (Å²) < 4.78 is 26.9. The van der Waals surface area contributed by atoms with Gasteiger partial charge in [-0.15, -0.1) is 0 Å². The summed E-state index contributed by atoms with van der Waals surface area (Å²) in [5.41, 5.74) is 0.248. The molecule has 0 aromatic heterocycles. The van der Waals surface area contributed by atoms with Crippen LogP contribution in [0, 0.1) is 33.1 Å². The predicted octanol–water partition coefficient (Wildman–Crippen LogP) is 3.36. The average molecular weight is 289 g/mol. The summed E-state index contributed by atoms with van der Waals surface area (Å²) in [6.07, 6.45) is 0. The Bertz CT molecular complexity index is 741. The van der Waals surface area contributed by atoms with Gasteiger partial charge in [-0.25, -0.2) is 8.78 Å². The molecule has 0 saturated carbocycles. The first-order valence-corrected chi connectivity index (χ1v) is 5.87. The first kappa shape index (κ1) is 14.4. The van der Waals surface area contributed by atoms with Crippen molar-refractivity contribution in [3.63, 3.8) is 0 Å². The average Bonchev–Trinajstić information content (AvgIpc) is 2.45. The number of hydrogen-bond acceptors (Lipinski definition) is 4. The van der Waals surface area contributed by atoms with E-state index >= 15 is 0 Å². The second-order valence-corrected chi connectivity index (χ2v) is 4.23. The van der Waals surface area contributed by atoms with Gasteiger partial charge < -0.3 is 5.32 Å². The van der Waals surface area contributed by atoms with E-state index in [2.05, 4.69) is 5.32 Å². The lowest BCUT2D eigenvalue weighted by atomic mass is 10.1. The standard InChI is InChI=1S/C14H9F2N3O2/c15-11-3-10(4-12(6-11)19(20)21)8-18-14-2-1-9(7-17)5-13(14)16/h1-6,18H,8H2. The zero-order valence-corrected chi connectivity index (χ0v) is 10.6. The fourth-order valence-electron chi connectivity index (χ4n) is 1.77. The molecule has 0 aliphatic rings. The molecule has 21 heavy (non-hydrogen) atoms. The minimum absolute atomic E-state index is 0.0153. The molecule has 7 heteroatoms. The quantitative estimate of drug-likeness (QED) is 0.691. The maximum absolute atomic E-state index is 13.6. The third-order valence-corrected chi connectivity index (χ3v) is 2.73. The van der Waals surface area contributed by atoms with Gasteiger partial charge in [0.1, 0.15) is 11.6 Å². The lowest BCUT2D eigenvalue weighted by Gasteiger charge is -2.08. The van der Waals surface area contributed by atoms with E-state index in [9.17, 15) is 18.9 Å². The highest BCUT2D eigenvalue weighted by molar-refractivity contribution is 5.49. The van der Waals surface area contributed by atoms with Crippen molar-refractivity contribution < 1.29 is 13.7 Å². The zero-order valence-electron chi connectivity index (χ0n) is 10.6. The topological polar surface area (TPSA) is 79.0 Å². The molecule has 0 bridgehead atoms. The highest BCUT2D eigenvalue weighted by Crippen LogP contribution is 2.19. The van der Waals surface area contributed by atoms with E-state index in [4.69, 9.17) is 5.26 Å². The minimum atomic E-state index is -0.735. The number of nitriles is 1. The molecule has 0 heterocycles. The molecule has 0 aliphatic heterocycles. The van der Waals surface area contributed by atoms with E-state index in [1.54, 1.807) is 6.07 Å². The Labute approximate surface area is 118 Å². The van der Waals surface area contributed by atoms with Gasteiger partial charge in [0.25, 0.3) is 5.69 Å². The third-order valence-electron chi connectivity index (χ3n) is 2.73. The Morgan fingerprint density at radius 3 is 2.62 bits per heavy atom. The molecule has 5 nitrogen and oxygen atoms in total. The first-order valence-electron chi connectivity index (χ1n) is 5.87. The molecule has 106 valence electrons. The van der Waals surface area contributed by atoms with E-state index in [0.717, 1.165) is 18.2 Å². The van der Waals surface area contributed by atoms with Crippen molar-refractivity contribution in [3.05, 3.63) is 69.3 Å². The largest absolute Gasteiger partial charge is 0.379 e. The highest BCUT2D eigenvalue weighted by Gasteiger charge is 2.10. The van der Waals surface area contributed by atoms with Crippen molar-refractivity contribution in [2.75, 3.05) is 5.32 Å². The fraction of sp³-hybridized carbons (Fsp3) is 0.0714. The van der Waals surface area contributed by atoms with Crippen LogP contribution in [-0.4, -0.2) is 4.92 Å². The van der Waals surface area contributed by atoms with Gasteiger partial charge in [0, 0.05) is 12.6 Å². The fourth-order valence-corrected chi connectivity index (χ4v) is 1.77. The Morgan fingerprint density at radius 1 is 1.24 bits per heavy atom. The number of nitrogens with zero attached hydrogens (tertiary/aromatic N) is 2. The van der Waals surface area contributed by atoms with Gasteiger partial charge in [0.15, 0.2) is 0 Å². The Kier molecular flexibility index (Phi) is 4.09. The van der Waals surface area contributed by atoms with Gasteiger partial charge in [0.05, 0.1) is 28.3 Å². The molecule has 0 aliphatic carbocycles. The van der Waals surface area contributed by atoms with Gasteiger partial charge in [-0.2, -0.15) is 5.26 Å². The van der Waals surface area contributed by atoms with Crippen molar-refractivity contribution in [2.24, 2.45) is 0 Å². The molecule has 2 rings (SSSR count). The summed E-state index contributed by atoms with van der Waals surface area (Å²) in [7, 11) is 0. The van der Waals surface area contributed by atoms with Crippen LogP contribution >= 0.6 is 0 Å². The van der Waals surface area contributed by atoms with Crippen LogP contribution in [0.2, 0.25) is 0 Å². The molecule has 0 spiro atoms. The van der Waals surface area contributed by atoms with Gasteiger partial charge in [-0.3, -0.25) is 10.1 Å². The zero-order chi connectivity index (χ0) is 15.4. The third kappa shape index (κ3) is 3.51. The maximum atomic E-state index is 13.6. The number of hydrogen-bond donors (Lipinski definition) is 1. The smallest absolute Gasteiger partial charge is 0.272 e. The summed E-state index contributed by atoms with van der Waals surface area (Å²) in [5, 5.41) is 22.0. The molecule has 0 fully saturated rings. The van der Waals surface area contributed by atoms with Gasteiger partial charge in [-0.1, -0.05) is 0 Å². The Balaban J connectivity index is 2.17. The van der Waals surface area contributed by atoms with Crippen LogP contribution in [0.5, 0.6) is 0 Å². The van der Waals surface area contributed by atoms with Gasteiger partial charge >= 0.3 is 0 Å². The second kappa shape index (κ2) is 5.96. The second-order valence-electron chi connectivity index (χ2n) is 4.23. The Hall–Kier alpha value is -3.01. The molecule has 2 aromatic carbocycles. The molecule has 1 N–H and O–H groups in total. The molecule has 0 saturated heterocycles. The number of nitro benzene ring substituents is 1. The van der Waals surface area contributed by atoms with Crippen LogP contribution < -0.4 is 5.32 Å². The van der Waals surface area contributed by atoms with E-state index < -0.39 is 16.6 Å². The van der Waals surface area contributed by atoms with Crippen molar-refractivity contribution >= 4 is 11.4 Å². The monoisotopic (exact) mass is 289 g/mol. The van der Waals surface area contributed by atoms with Crippen LogP contribution in [0.3, 0.4) is 0 Å². The number of benzene rings is 2.